The number of benzene rings is 4. The smallest absolute Gasteiger partial charge is 0.264 e. The molecule has 1 fully saturated rings. The van der Waals surface area contributed by atoms with Crippen LogP contribution in [0.1, 0.15) is 48.8 Å². The second-order valence-electron chi connectivity index (χ2n) is 12.2. The van der Waals surface area contributed by atoms with Gasteiger partial charge in [0.05, 0.1) is 17.7 Å². The van der Waals surface area contributed by atoms with E-state index in [9.17, 15) is 18.0 Å². The molecule has 5 rings (SSSR count). The number of halogens is 1. The standard InChI is InChI=1S/C38H42BrN3O5S/c1-28-13-23-35(24-14-28)48(45,46)42(33-19-21-34(47-2)22-20-33)27-37(43)41(26-30-15-17-31(39)18-16-30)36(25-29-9-5-3-6-10-29)38(44)40-32-11-7-4-8-12-32/h3,5-6,9-10,13-24,32,36H,4,7-8,11-12,25-27H2,1-2H3,(H,40,44)/t36-/m1/s1. The Morgan fingerprint density at radius 1 is 0.854 bits per heavy atom. The minimum Gasteiger partial charge on any atom is -0.497 e. The number of sulfonamides is 1. The van der Waals surface area contributed by atoms with Crippen molar-refractivity contribution in [3.63, 3.8) is 0 Å². The first-order valence-electron chi connectivity index (χ1n) is 16.3. The summed E-state index contributed by atoms with van der Waals surface area (Å²) in [5.41, 5.74) is 2.93. The predicted octanol–water partition coefficient (Wildman–Crippen LogP) is 7.05. The van der Waals surface area contributed by atoms with Crippen molar-refractivity contribution in [2.45, 2.75) is 69.0 Å². The van der Waals surface area contributed by atoms with Crippen LogP contribution in [0.15, 0.2) is 112 Å². The molecular weight excluding hydrogens is 690 g/mol. The molecule has 48 heavy (non-hydrogen) atoms. The normalized spacial score (nSPS) is 14.1. The lowest BCUT2D eigenvalue weighted by molar-refractivity contribution is -0.140. The van der Waals surface area contributed by atoms with E-state index in [-0.39, 0.29) is 29.8 Å². The first kappa shape index (κ1) is 35.2. The summed E-state index contributed by atoms with van der Waals surface area (Å²) in [6.45, 7) is 1.48. The van der Waals surface area contributed by atoms with E-state index >= 15 is 0 Å². The fourth-order valence-electron chi connectivity index (χ4n) is 6.00. The van der Waals surface area contributed by atoms with Crippen molar-refractivity contribution in [2.75, 3.05) is 18.0 Å². The van der Waals surface area contributed by atoms with Crippen molar-refractivity contribution in [1.82, 2.24) is 10.2 Å². The fraction of sp³-hybridized carbons (Fsp3) is 0.316. The van der Waals surface area contributed by atoms with Crippen molar-refractivity contribution in [1.29, 1.82) is 0 Å². The highest BCUT2D eigenvalue weighted by atomic mass is 79.9. The lowest BCUT2D eigenvalue weighted by Gasteiger charge is -2.35. The summed E-state index contributed by atoms with van der Waals surface area (Å²) in [4.78, 5) is 30.5. The summed E-state index contributed by atoms with van der Waals surface area (Å²) in [5, 5.41) is 3.24. The molecule has 4 aromatic rings. The topological polar surface area (TPSA) is 96.0 Å². The molecule has 0 unspecified atom stereocenters. The predicted molar refractivity (Wildman–Crippen MR) is 192 cm³/mol. The summed E-state index contributed by atoms with van der Waals surface area (Å²) >= 11 is 3.48. The number of nitrogens with one attached hydrogen (secondary N) is 1. The van der Waals surface area contributed by atoms with Gasteiger partial charge < -0.3 is 15.0 Å². The molecule has 0 bridgehead atoms. The third kappa shape index (κ3) is 9.05. The third-order valence-corrected chi connectivity index (χ3v) is 11.1. The molecule has 0 heterocycles. The Balaban J connectivity index is 1.56. The number of carbonyl (C=O) groups is 2. The number of methoxy groups -OCH3 is 1. The zero-order chi connectivity index (χ0) is 34.1. The van der Waals surface area contributed by atoms with Gasteiger partial charge in [-0.3, -0.25) is 13.9 Å². The van der Waals surface area contributed by atoms with Gasteiger partial charge in [-0.25, -0.2) is 8.42 Å². The van der Waals surface area contributed by atoms with Crippen LogP contribution in [0.2, 0.25) is 0 Å². The summed E-state index contributed by atoms with van der Waals surface area (Å²) in [6, 6.07) is 29.4. The van der Waals surface area contributed by atoms with Gasteiger partial charge in [-0.15, -0.1) is 0 Å². The van der Waals surface area contributed by atoms with Gasteiger partial charge in [0.2, 0.25) is 11.8 Å². The van der Waals surface area contributed by atoms with Crippen LogP contribution >= 0.6 is 15.9 Å². The lowest BCUT2D eigenvalue weighted by Crippen LogP contribution is -2.55. The number of carbonyl (C=O) groups excluding carboxylic acids is 2. The highest BCUT2D eigenvalue weighted by Crippen LogP contribution is 2.28. The maximum atomic E-state index is 14.7. The third-order valence-electron chi connectivity index (χ3n) is 8.74. The number of hydrogen-bond acceptors (Lipinski definition) is 5. The number of aryl methyl sites for hydroxylation is 1. The van der Waals surface area contributed by atoms with Crippen LogP contribution in [0.3, 0.4) is 0 Å². The Morgan fingerprint density at radius 3 is 2.12 bits per heavy atom. The summed E-state index contributed by atoms with van der Waals surface area (Å²) in [5.74, 6) is -0.185. The number of nitrogens with zero attached hydrogens (tertiary/aromatic N) is 2. The number of ether oxygens (including phenoxy) is 1. The Hall–Kier alpha value is -4.15. The number of anilines is 1. The molecule has 2 amide bonds. The number of amides is 2. The molecule has 0 saturated heterocycles. The average Bonchev–Trinajstić information content (AvgIpc) is 3.10. The van der Waals surface area contributed by atoms with Crippen LogP contribution < -0.4 is 14.4 Å². The van der Waals surface area contributed by atoms with E-state index in [0.29, 0.717) is 11.4 Å². The first-order chi connectivity index (χ1) is 23.1. The fourth-order valence-corrected chi connectivity index (χ4v) is 7.68. The van der Waals surface area contributed by atoms with E-state index in [1.807, 2.05) is 61.5 Å². The lowest BCUT2D eigenvalue weighted by atomic mass is 9.94. The van der Waals surface area contributed by atoms with Gasteiger partial charge in [0.15, 0.2) is 0 Å². The van der Waals surface area contributed by atoms with E-state index in [4.69, 9.17) is 4.74 Å². The highest BCUT2D eigenvalue weighted by Gasteiger charge is 2.35. The summed E-state index contributed by atoms with van der Waals surface area (Å²) in [7, 11) is -2.65. The Labute approximate surface area is 292 Å². The van der Waals surface area contributed by atoms with E-state index in [1.54, 1.807) is 48.5 Å². The van der Waals surface area contributed by atoms with Crippen LogP contribution in [0.5, 0.6) is 5.75 Å². The molecule has 4 aromatic carbocycles. The van der Waals surface area contributed by atoms with Crippen LogP contribution in [0, 0.1) is 6.92 Å². The van der Waals surface area contributed by atoms with E-state index in [0.717, 1.165) is 57.6 Å². The molecule has 0 spiro atoms. The van der Waals surface area contributed by atoms with Gasteiger partial charge in [0.1, 0.15) is 18.3 Å². The zero-order valence-electron chi connectivity index (χ0n) is 27.3. The van der Waals surface area contributed by atoms with Crippen molar-refractivity contribution >= 4 is 43.5 Å². The summed E-state index contributed by atoms with van der Waals surface area (Å²) < 4.78 is 35.8. The molecule has 8 nitrogen and oxygen atoms in total. The van der Waals surface area contributed by atoms with Gasteiger partial charge >= 0.3 is 0 Å². The van der Waals surface area contributed by atoms with Crippen LogP contribution in [0.25, 0.3) is 0 Å². The van der Waals surface area contributed by atoms with Gasteiger partial charge in [0.25, 0.3) is 10.0 Å². The largest absolute Gasteiger partial charge is 0.497 e. The molecule has 1 saturated carbocycles. The molecule has 1 aliphatic carbocycles. The van der Waals surface area contributed by atoms with E-state index < -0.39 is 28.5 Å². The van der Waals surface area contributed by atoms with Gasteiger partial charge in [-0.05, 0) is 79.4 Å². The van der Waals surface area contributed by atoms with Crippen LogP contribution in [0.4, 0.5) is 5.69 Å². The quantitative estimate of drug-likeness (QED) is 0.159. The van der Waals surface area contributed by atoms with Crippen molar-refractivity contribution in [3.8, 4) is 5.75 Å². The number of rotatable bonds is 13. The molecule has 10 heteroatoms. The molecule has 0 aliphatic heterocycles. The molecule has 1 N–H and O–H groups in total. The molecule has 0 radical (unpaired) electrons. The SMILES string of the molecule is COc1ccc(N(CC(=O)N(Cc2ccc(Br)cc2)[C@H](Cc2ccccc2)C(=O)NC2CCCCC2)S(=O)(=O)c2ccc(C)cc2)cc1. The molecular formula is C38H42BrN3O5S. The maximum Gasteiger partial charge on any atom is 0.264 e. The zero-order valence-corrected chi connectivity index (χ0v) is 29.8. The Bertz CT molecular complexity index is 1760. The summed E-state index contributed by atoms with van der Waals surface area (Å²) in [6.07, 6.45) is 5.29. The minimum absolute atomic E-state index is 0.0341. The van der Waals surface area contributed by atoms with Gasteiger partial charge in [0, 0.05) is 23.5 Å². The second kappa shape index (κ2) is 16.3. The monoisotopic (exact) mass is 731 g/mol. The van der Waals surface area contributed by atoms with E-state index in [1.165, 1.54) is 12.0 Å². The van der Waals surface area contributed by atoms with Crippen molar-refractivity contribution < 1.29 is 22.7 Å². The highest BCUT2D eigenvalue weighted by molar-refractivity contribution is 9.10. The Kier molecular flexibility index (Phi) is 11.9. The second-order valence-corrected chi connectivity index (χ2v) is 15.0. The molecule has 1 atom stereocenters. The van der Waals surface area contributed by atoms with Crippen LogP contribution in [-0.4, -0.2) is 50.9 Å². The van der Waals surface area contributed by atoms with Crippen LogP contribution in [-0.2, 0) is 32.6 Å². The van der Waals surface area contributed by atoms with Crippen molar-refractivity contribution in [2.24, 2.45) is 0 Å². The van der Waals surface area contributed by atoms with E-state index in [2.05, 4.69) is 21.2 Å². The molecule has 1 aliphatic rings. The molecule has 0 aromatic heterocycles. The van der Waals surface area contributed by atoms with Gasteiger partial charge in [-0.2, -0.15) is 0 Å². The maximum absolute atomic E-state index is 14.7. The van der Waals surface area contributed by atoms with Gasteiger partial charge in [-0.1, -0.05) is 95.4 Å². The minimum atomic E-state index is -4.19. The average molecular weight is 733 g/mol. The van der Waals surface area contributed by atoms with Crippen molar-refractivity contribution in [3.05, 3.63) is 124 Å². The molecule has 252 valence electrons. The Morgan fingerprint density at radius 2 is 1.50 bits per heavy atom. The number of hydrogen-bond donors (Lipinski definition) is 1. The first-order valence-corrected chi connectivity index (χ1v) is 18.5.